The van der Waals surface area contributed by atoms with E-state index in [1.807, 2.05) is 37.3 Å². The second kappa shape index (κ2) is 8.26. The third-order valence-electron chi connectivity index (χ3n) is 4.87. The van der Waals surface area contributed by atoms with Gasteiger partial charge in [0.15, 0.2) is 5.65 Å². The minimum Gasteiger partial charge on any atom is -0.379 e. The van der Waals surface area contributed by atoms with Crippen LogP contribution in [0.15, 0.2) is 36.5 Å². The fraction of sp³-hybridized carbons (Fsp3) is 0.350. The van der Waals surface area contributed by atoms with Gasteiger partial charge in [0, 0.05) is 32.4 Å². The van der Waals surface area contributed by atoms with Crippen LogP contribution in [0, 0.1) is 6.92 Å². The average Bonchev–Trinajstić information content (AvgIpc) is 3.07. The number of hydrogen-bond acceptors (Lipinski definition) is 5. The monoisotopic (exact) mass is 399 g/mol. The molecule has 1 N–H and O–H groups in total. The second-order valence-electron chi connectivity index (χ2n) is 6.73. The Kier molecular flexibility index (Phi) is 5.57. The standard InChI is InChI=1S/C20H22ClN5O2/c1-14-17-18(21)16(20(27)22-7-8-25-9-11-28-12-10-25)13-23-19(17)26(24-14)15-5-3-2-4-6-15/h2-6,13H,7-12H2,1H3,(H,22,27). The minimum absolute atomic E-state index is 0.223. The summed E-state index contributed by atoms with van der Waals surface area (Å²) in [4.78, 5) is 19.4. The molecule has 4 rings (SSSR count). The first-order valence-electron chi connectivity index (χ1n) is 9.32. The Labute approximate surface area is 168 Å². The van der Waals surface area contributed by atoms with Crippen LogP contribution in [-0.2, 0) is 4.74 Å². The zero-order chi connectivity index (χ0) is 19.5. The van der Waals surface area contributed by atoms with Gasteiger partial charge in [0.05, 0.1) is 40.6 Å². The molecule has 146 valence electrons. The van der Waals surface area contributed by atoms with E-state index in [0.717, 1.165) is 44.2 Å². The summed E-state index contributed by atoms with van der Waals surface area (Å²) in [5, 5.41) is 8.58. The molecule has 2 aromatic heterocycles. The first-order chi connectivity index (χ1) is 13.6. The molecule has 1 aliphatic heterocycles. The lowest BCUT2D eigenvalue weighted by atomic mass is 10.2. The number of ether oxygens (including phenoxy) is 1. The van der Waals surface area contributed by atoms with Gasteiger partial charge in [0.1, 0.15) is 0 Å². The predicted molar refractivity (Wildman–Crippen MR) is 108 cm³/mol. The molecule has 3 heterocycles. The highest BCUT2D eigenvalue weighted by Gasteiger charge is 2.20. The predicted octanol–water partition coefficient (Wildman–Crippen LogP) is 2.44. The maximum absolute atomic E-state index is 12.6. The van der Waals surface area contributed by atoms with E-state index in [1.165, 1.54) is 6.20 Å². The largest absolute Gasteiger partial charge is 0.379 e. The van der Waals surface area contributed by atoms with Crippen LogP contribution in [0.25, 0.3) is 16.7 Å². The number of benzene rings is 1. The van der Waals surface area contributed by atoms with Gasteiger partial charge in [-0.05, 0) is 19.1 Å². The van der Waals surface area contributed by atoms with Crippen LogP contribution >= 0.6 is 11.6 Å². The lowest BCUT2D eigenvalue weighted by Gasteiger charge is -2.26. The number of nitrogens with zero attached hydrogens (tertiary/aromatic N) is 4. The van der Waals surface area contributed by atoms with Crippen LogP contribution in [0.1, 0.15) is 16.1 Å². The van der Waals surface area contributed by atoms with E-state index in [2.05, 4.69) is 20.3 Å². The molecule has 0 aliphatic carbocycles. The number of nitrogens with one attached hydrogen (secondary N) is 1. The third kappa shape index (κ3) is 3.73. The molecule has 1 saturated heterocycles. The van der Waals surface area contributed by atoms with Crippen molar-refractivity contribution in [3.05, 3.63) is 52.8 Å². The number of aromatic nitrogens is 3. The van der Waals surface area contributed by atoms with E-state index in [1.54, 1.807) is 4.68 Å². The molecule has 1 aromatic carbocycles. The Morgan fingerprint density at radius 2 is 2.00 bits per heavy atom. The number of carbonyl (C=O) groups is 1. The Morgan fingerprint density at radius 1 is 1.25 bits per heavy atom. The highest BCUT2D eigenvalue weighted by molar-refractivity contribution is 6.38. The second-order valence-corrected chi connectivity index (χ2v) is 7.11. The molecule has 1 amide bonds. The smallest absolute Gasteiger partial charge is 0.254 e. The van der Waals surface area contributed by atoms with Crippen molar-refractivity contribution in [2.45, 2.75) is 6.92 Å². The fourth-order valence-electron chi connectivity index (χ4n) is 3.36. The molecule has 7 nitrogen and oxygen atoms in total. The number of fused-ring (bicyclic) bond motifs is 1. The summed E-state index contributed by atoms with van der Waals surface area (Å²) >= 11 is 6.59. The number of para-hydroxylation sites is 1. The molecule has 1 fully saturated rings. The van der Waals surface area contributed by atoms with Crippen molar-refractivity contribution in [1.82, 2.24) is 25.0 Å². The Hall–Kier alpha value is -2.48. The van der Waals surface area contributed by atoms with Gasteiger partial charge >= 0.3 is 0 Å². The lowest BCUT2D eigenvalue weighted by Crippen LogP contribution is -2.41. The van der Waals surface area contributed by atoms with Crippen LogP contribution in [0.3, 0.4) is 0 Å². The lowest BCUT2D eigenvalue weighted by molar-refractivity contribution is 0.0383. The zero-order valence-corrected chi connectivity index (χ0v) is 16.4. The van der Waals surface area contributed by atoms with Crippen molar-refractivity contribution in [2.24, 2.45) is 0 Å². The summed E-state index contributed by atoms with van der Waals surface area (Å²) in [5.41, 5.74) is 2.64. The summed E-state index contributed by atoms with van der Waals surface area (Å²) in [7, 11) is 0. The van der Waals surface area contributed by atoms with E-state index in [9.17, 15) is 4.79 Å². The fourth-order valence-corrected chi connectivity index (χ4v) is 3.72. The molecule has 8 heteroatoms. The maximum Gasteiger partial charge on any atom is 0.254 e. The molecule has 0 spiro atoms. The van der Waals surface area contributed by atoms with Crippen molar-refractivity contribution in [3.8, 4) is 5.69 Å². The van der Waals surface area contributed by atoms with Gasteiger partial charge in [0.25, 0.3) is 5.91 Å². The number of hydrogen-bond donors (Lipinski definition) is 1. The SMILES string of the molecule is Cc1nn(-c2ccccc2)c2ncc(C(=O)NCCN3CCOCC3)c(Cl)c12. The summed E-state index contributed by atoms with van der Waals surface area (Å²) in [6, 6.07) is 9.73. The molecule has 28 heavy (non-hydrogen) atoms. The number of rotatable bonds is 5. The summed E-state index contributed by atoms with van der Waals surface area (Å²) in [6.45, 7) is 6.47. The molecule has 3 aromatic rings. The van der Waals surface area contributed by atoms with Gasteiger partial charge in [-0.2, -0.15) is 5.10 Å². The maximum atomic E-state index is 12.6. The number of halogens is 1. The molecular weight excluding hydrogens is 378 g/mol. The van der Waals surface area contributed by atoms with Gasteiger partial charge in [-0.15, -0.1) is 0 Å². The quantitative estimate of drug-likeness (QED) is 0.713. The van der Waals surface area contributed by atoms with Crippen LogP contribution in [-0.4, -0.2) is 65.0 Å². The number of carbonyl (C=O) groups excluding carboxylic acids is 1. The summed E-state index contributed by atoms with van der Waals surface area (Å²) < 4.78 is 7.08. The van der Waals surface area contributed by atoms with Crippen molar-refractivity contribution < 1.29 is 9.53 Å². The first kappa shape index (κ1) is 18.9. The molecule has 1 aliphatic rings. The number of morpholine rings is 1. The Morgan fingerprint density at radius 3 is 2.75 bits per heavy atom. The number of aryl methyl sites for hydroxylation is 1. The van der Waals surface area contributed by atoms with Gasteiger partial charge in [0.2, 0.25) is 0 Å². The number of amides is 1. The van der Waals surface area contributed by atoms with Crippen LogP contribution in [0.5, 0.6) is 0 Å². The highest BCUT2D eigenvalue weighted by Crippen LogP contribution is 2.29. The van der Waals surface area contributed by atoms with Crippen LogP contribution in [0.2, 0.25) is 5.02 Å². The van der Waals surface area contributed by atoms with Crippen molar-refractivity contribution >= 4 is 28.5 Å². The van der Waals surface area contributed by atoms with Crippen molar-refractivity contribution in [1.29, 1.82) is 0 Å². The highest BCUT2D eigenvalue weighted by atomic mass is 35.5. The van der Waals surface area contributed by atoms with Crippen molar-refractivity contribution in [2.75, 3.05) is 39.4 Å². The molecule has 0 radical (unpaired) electrons. The molecule has 0 bridgehead atoms. The van der Waals surface area contributed by atoms with E-state index < -0.39 is 0 Å². The molecule has 0 atom stereocenters. The Bertz CT molecular complexity index is 983. The average molecular weight is 400 g/mol. The normalized spacial score (nSPS) is 15.1. The zero-order valence-electron chi connectivity index (χ0n) is 15.7. The van der Waals surface area contributed by atoms with Gasteiger partial charge in [-0.3, -0.25) is 9.69 Å². The number of pyridine rings is 1. The van der Waals surface area contributed by atoms with E-state index in [-0.39, 0.29) is 5.91 Å². The van der Waals surface area contributed by atoms with Gasteiger partial charge < -0.3 is 10.1 Å². The summed E-state index contributed by atoms with van der Waals surface area (Å²) in [6.07, 6.45) is 1.52. The van der Waals surface area contributed by atoms with Crippen LogP contribution < -0.4 is 5.32 Å². The molecule has 0 saturated carbocycles. The summed E-state index contributed by atoms with van der Waals surface area (Å²) in [5.74, 6) is -0.223. The van der Waals surface area contributed by atoms with Crippen LogP contribution in [0.4, 0.5) is 0 Å². The molecular formula is C20H22ClN5O2. The first-order valence-corrected chi connectivity index (χ1v) is 9.70. The van der Waals surface area contributed by atoms with E-state index in [0.29, 0.717) is 28.2 Å². The topological polar surface area (TPSA) is 72.3 Å². The van der Waals surface area contributed by atoms with Crippen molar-refractivity contribution in [3.63, 3.8) is 0 Å². The van der Waals surface area contributed by atoms with E-state index >= 15 is 0 Å². The van der Waals surface area contributed by atoms with Gasteiger partial charge in [-0.25, -0.2) is 9.67 Å². The Balaban J connectivity index is 1.54. The molecule has 0 unspecified atom stereocenters. The van der Waals surface area contributed by atoms with Gasteiger partial charge in [-0.1, -0.05) is 29.8 Å². The third-order valence-corrected chi connectivity index (χ3v) is 5.26. The minimum atomic E-state index is -0.223. The van der Waals surface area contributed by atoms with E-state index in [4.69, 9.17) is 16.3 Å².